The van der Waals surface area contributed by atoms with Crippen molar-refractivity contribution in [2.45, 2.75) is 32.4 Å². The summed E-state index contributed by atoms with van der Waals surface area (Å²) in [6, 6.07) is 7.37. The van der Waals surface area contributed by atoms with Crippen molar-refractivity contribution < 1.29 is 9.53 Å². The number of hydrogen-bond acceptors (Lipinski definition) is 4. The molecule has 3 rings (SSSR count). The summed E-state index contributed by atoms with van der Waals surface area (Å²) in [5.41, 5.74) is 0.579. The third-order valence-electron chi connectivity index (χ3n) is 4.36. The van der Waals surface area contributed by atoms with E-state index in [1.807, 2.05) is 18.2 Å². The van der Waals surface area contributed by atoms with Gasteiger partial charge in [0.1, 0.15) is 0 Å². The van der Waals surface area contributed by atoms with Gasteiger partial charge in [0.25, 0.3) is 5.56 Å². The fraction of sp³-hybridized carbons (Fsp3) is 0.471. The van der Waals surface area contributed by atoms with Crippen molar-refractivity contribution in [1.29, 1.82) is 0 Å². The lowest BCUT2D eigenvalue weighted by Crippen LogP contribution is -2.35. The Morgan fingerprint density at radius 3 is 2.74 bits per heavy atom. The molecule has 0 bridgehead atoms. The smallest absolute Gasteiger partial charge is 0.274 e. The molecule has 0 radical (unpaired) electrons. The van der Waals surface area contributed by atoms with E-state index in [0.717, 1.165) is 24.6 Å². The van der Waals surface area contributed by atoms with Crippen LogP contribution in [0, 0.1) is 5.92 Å². The van der Waals surface area contributed by atoms with Crippen LogP contribution >= 0.6 is 0 Å². The highest BCUT2D eigenvalue weighted by Gasteiger charge is 2.25. The van der Waals surface area contributed by atoms with Gasteiger partial charge in [0.2, 0.25) is 5.91 Å². The van der Waals surface area contributed by atoms with E-state index in [4.69, 9.17) is 4.74 Å². The van der Waals surface area contributed by atoms with Gasteiger partial charge in [-0.1, -0.05) is 24.6 Å². The van der Waals surface area contributed by atoms with Crippen molar-refractivity contribution >= 4 is 16.7 Å². The van der Waals surface area contributed by atoms with E-state index in [1.165, 1.54) is 4.68 Å². The first-order valence-electron chi connectivity index (χ1n) is 7.96. The van der Waals surface area contributed by atoms with Crippen LogP contribution in [-0.4, -0.2) is 29.4 Å². The topological polar surface area (TPSA) is 73.2 Å². The van der Waals surface area contributed by atoms with E-state index in [2.05, 4.69) is 10.4 Å². The molecule has 1 fully saturated rings. The van der Waals surface area contributed by atoms with Gasteiger partial charge in [-0.05, 0) is 18.9 Å². The molecule has 1 aliphatic carbocycles. The summed E-state index contributed by atoms with van der Waals surface area (Å²) < 4.78 is 6.45. The van der Waals surface area contributed by atoms with Crippen LogP contribution in [0.5, 0.6) is 0 Å². The van der Waals surface area contributed by atoms with Crippen molar-refractivity contribution in [2.75, 3.05) is 13.7 Å². The lowest BCUT2D eigenvalue weighted by atomic mass is 9.85. The zero-order valence-electron chi connectivity index (χ0n) is 13.2. The molecule has 2 aromatic rings. The van der Waals surface area contributed by atoms with Gasteiger partial charge in [0.05, 0.1) is 30.8 Å². The molecule has 1 aliphatic rings. The van der Waals surface area contributed by atoms with Gasteiger partial charge in [-0.3, -0.25) is 9.59 Å². The fourth-order valence-electron chi connectivity index (χ4n) is 2.75. The molecule has 1 aromatic heterocycles. The maximum absolute atomic E-state index is 12.4. The zero-order chi connectivity index (χ0) is 16.2. The number of benzene rings is 1. The number of ether oxygens (including phenoxy) is 1. The number of aromatic nitrogens is 2. The quantitative estimate of drug-likeness (QED) is 0.876. The summed E-state index contributed by atoms with van der Waals surface area (Å²) in [4.78, 5) is 24.5. The molecule has 0 aliphatic heterocycles. The number of rotatable bonds is 6. The predicted octanol–water partition coefficient (Wildman–Crippen LogP) is 1.46. The maximum Gasteiger partial charge on any atom is 0.274 e. The van der Waals surface area contributed by atoms with E-state index >= 15 is 0 Å². The first-order chi connectivity index (χ1) is 11.2. The van der Waals surface area contributed by atoms with E-state index in [0.29, 0.717) is 30.8 Å². The fourth-order valence-corrected chi connectivity index (χ4v) is 2.75. The molecular formula is C17H21N3O3. The average Bonchev–Trinajstić information content (AvgIpc) is 2.52. The van der Waals surface area contributed by atoms with Crippen LogP contribution in [0.4, 0.5) is 0 Å². The average molecular weight is 315 g/mol. The number of carbonyl (C=O) groups excluding carboxylic acids is 1. The predicted molar refractivity (Wildman–Crippen MR) is 87.1 cm³/mol. The van der Waals surface area contributed by atoms with Crippen LogP contribution in [0.1, 0.15) is 25.0 Å². The molecule has 122 valence electrons. The highest BCUT2D eigenvalue weighted by atomic mass is 16.5. The molecule has 0 unspecified atom stereocenters. The molecule has 1 heterocycles. The standard InChI is InChI=1S/C17H21N3O3/c1-23-10-9-20-17(22)14-8-3-2-7-13(14)15(19-20)11-18-16(21)12-5-4-6-12/h2-3,7-8,12H,4-6,9-11H2,1H3,(H,18,21). The minimum Gasteiger partial charge on any atom is -0.383 e. The number of hydrogen-bond donors (Lipinski definition) is 1. The molecule has 1 N–H and O–H groups in total. The second-order valence-corrected chi connectivity index (χ2v) is 5.86. The molecule has 6 nitrogen and oxygen atoms in total. The molecule has 1 amide bonds. The summed E-state index contributed by atoms with van der Waals surface area (Å²) in [7, 11) is 1.59. The van der Waals surface area contributed by atoms with Gasteiger partial charge in [-0.15, -0.1) is 0 Å². The SMILES string of the molecule is COCCn1nc(CNC(=O)C2CCC2)c2ccccc2c1=O. The number of nitrogens with one attached hydrogen (secondary N) is 1. The number of methoxy groups -OCH3 is 1. The van der Waals surface area contributed by atoms with Gasteiger partial charge in [0, 0.05) is 18.4 Å². The van der Waals surface area contributed by atoms with Crippen LogP contribution in [-0.2, 0) is 22.6 Å². The van der Waals surface area contributed by atoms with Crippen molar-refractivity contribution in [2.24, 2.45) is 5.92 Å². The Hall–Kier alpha value is -2.21. The lowest BCUT2D eigenvalue weighted by Gasteiger charge is -2.24. The van der Waals surface area contributed by atoms with Crippen LogP contribution in [0.2, 0.25) is 0 Å². The Balaban J connectivity index is 1.89. The molecule has 1 aromatic carbocycles. The van der Waals surface area contributed by atoms with Gasteiger partial charge < -0.3 is 10.1 Å². The number of nitrogens with zero attached hydrogens (tertiary/aromatic N) is 2. The highest BCUT2D eigenvalue weighted by molar-refractivity contribution is 5.84. The van der Waals surface area contributed by atoms with Crippen LogP contribution in [0.3, 0.4) is 0 Å². The first-order valence-corrected chi connectivity index (χ1v) is 7.96. The minimum atomic E-state index is -0.133. The summed E-state index contributed by atoms with van der Waals surface area (Å²) in [5.74, 6) is 0.220. The Kier molecular flexibility index (Phi) is 4.71. The van der Waals surface area contributed by atoms with E-state index in [9.17, 15) is 9.59 Å². The third-order valence-corrected chi connectivity index (χ3v) is 4.36. The molecule has 0 spiro atoms. The van der Waals surface area contributed by atoms with Gasteiger partial charge >= 0.3 is 0 Å². The van der Waals surface area contributed by atoms with Crippen molar-refractivity contribution in [1.82, 2.24) is 15.1 Å². The third kappa shape index (κ3) is 3.27. The second-order valence-electron chi connectivity index (χ2n) is 5.86. The first kappa shape index (κ1) is 15.7. The van der Waals surface area contributed by atoms with Crippen LogP contribution in [0.15, 0.2) is 29.1 Å². The zero-order valence-corrected chi connectivity index (χ0v) is 13.2. The Morgan fingerprint density at radius 2 is 2.09 bits per heavy atom. The molecular weight excluding hydrogens is 294 g/mol. The maximum atomic E-state index is 12.4. The Bertz CT molecular complexity index is 765. The number of amides is 1. The minimum absolute atomic E-state index is 0.0803. The summed E-state index contributed by atoms with van der Waals surface area (Å²) >= 11 is 0. The van der Waals surface area contributed by atoms with Crippen LogP contribution < -0.4 is 10.9 Å². The Labute approximate surface area is 134 Å². The highest BCUT2D eigenvalue weighted by Crippen LogP contribution is 2.26. The second kappa shape index (κ2) is 6.91. The summed E-state index contributed by atoms with van der Waals surface area (Å²) in [5, 5.41) is 8.78. The van der Waals surface area contributed by atoms with Crippen LogP contribution in [0.25, 0.3) is 10.8 Å². The van der Waals surface area contributed by atoms with Gasteiger partial charge in [0.15, 0.2) is 0 Å². The monoisotopic (exact) mass is 315 g/mol. The van der Waals surface area contributed by atoms with Gasteiger partial charge in [-0.25, -0.2) is 4.68 Å². The van der Waals surface area contributed by atoms with E-state index in [-0.39, 0.29) is 17.4 Å². The van der Waals surface area contributed by atoms with Gasteiger partial charge in [-0.2, -0.15) is 5.10 Å². The Morgan fingerprint density at radius 1 is 1.35 bits per heavy atom. The van der Waals surface area contributed by atoms with Crippen molar-refractivity contribution in [3.05, 3.63) is 40.3 Å². The van der Waals surface area contributed by atoms with Crippen molar-refractivity contribution in [3.8, 4) is 0 Å². The molecule has 0 saturated heterocycles. The molecule has 0 atom stereocenters. The summed E-state index contributed by atoms with van der Waals surface area (Å²) in [6.07, 6.45) is 3.06. The van der Waals surface area contributed by atoms with Crippen molar-refractivity contribution in [3.63, 3.8) is 0 Å². The molecule has 6 heteroatoms. The summed E-state index contributed by atoms with van der Waals surface area (Å²) in [6.45, 7) is 1.14. The largest absolute Gasteiger partial charge is 0.383 e. The van der Waals surface area contributed by atoms with E-state index < -0.39 is 0 Å². The van der Waals surface area contributed by atoms with E-state index in [1.54, 1.807) is 13.2 Å². The molecule has 23 heavy (non-hydrogen) atoms. The molecule has 1 saturated carbocycles. The number of fused-ring (bicyclic) bond motifs is 1. The normalized spacial score (nSPS) is 14.7. The number of carbonyl (C=O) groups is 1. The lowest BCUT2D eigenvalue weighted by molar-refractivity contribution is -0.127.